The summed E-state index contributed by atoms with van der Waals surface area (Å²) in [7, 11) is 0.779. The van der Waals surface area contributed by atoms with Crippen molar-refractivity contribution in [2.24, 2.45) is 12.0 Å². The van der Waals surface area contributed by atoms with Gasteiger partial charge in [0.2, 0.25) is 0 Å². The number of nitrogens with zero attached hydrogens (tertiary/aromatic N) is 3. The number of hydrogen-bond acceptors (Lipinski definition) is 3. The summed E-state index contributed by atoms with van der Waals surface area (Å²) in [5.74, 6) is 0.758. The van der Waals surface area contributed by atoms with Gasteiger partial charge in [0.25, 0.3) is 0 Å². The molecule has 1 heterocycles. The molecule has 0 saturated heterocycles. The summed E-state index contributed by atoms with van der Waals surface area (Å²) in [5, 5.41) is 3.21. The monoisotopic (exact) mass is 420 g/mol. The highest BCUT2D eigenvalue weighted by atomic mass is 79.9. The molecule has 0 atom stereocenters. The molecule has 0 amide bonds. The van der Waals surface area contributed by atoms with Gasteiger partial charge in [-0.15, -0.1) is 0 Å². The van der Waals surface area contributed by atoms with E-state index in [1.807, 2.05) is 36.7 Å². The Kier molecular flexibility index (Phi) is 7.34. The lowest BCUT2D eigenvalue weighted by Crippen LogP contribution is -2.39. The smallest absolute Gasteiger partial charge is 0.194 e. The van der Waals surface area contributed by atoms with Gasteiger partial charge in [0.05, 0.1) is 23.6 Å². The lowest BCUT2D eigenvalue weighted by Gasteiger charge is -2.23. The molecule has 0 bridgehead atoms. The van der Waals surface area contributed by atoms with E-state index in [0.717, 1.165) is 16.7 Å². The molecule has 0 unspecified atom stereocenters. The number of aliphatic imine (C=N–C) groups is 1. The first kappa shape index (κ1) is 21.0. The molecule has 0 aliphatic heterocycles. The molecular formula is C16H29BrN4O2S. The zero-order chi connectivity index (χ0) is 18.5. The Balaban J connectivity index is 2.80. The van der Waals surface area contributed by atoms with E-state index < -0.39 is 14.6 Å². The fourth-order valence-electron chi connectivity index (χ4n) is 2.09. The SMILES string of the molecule is CCNC(=NCCS(=O)(=O)C(C)(C)C)N(C)Cc1cc(Br)cn1C. The van der Waals surface area contributed by atoms with Crippen molar-refractivity contribution in [2.75, 3.05) is 25.9 Å². The summed E-state index contributed by atoms with van der Waals surface area (Å²) in [4.78, 5) is 6.47. The van der Waals surface area contributed by atoms with Crippen molar-refractivity contribution in [1.29, 1.82) is 0 Å². The Labute approximate surface area is 154 Å². The molecule has 0 saturated carbocycles. The number of hydrogen-bond donors (Lipinski definition) is 1. The van der Waals surface area contributed by atoms with Crippen molar-refractivity contribution >= 4 is 31.7 Å². The van der Waals surface area contributed by atoms with E-state index in [0.29, 0.717) is 12.5 Å². The molecule has 0 aromatic carbocycles. The van der Waals surface area contributed by atoms with Crippen LogP contribution in [0.2, 0.25) is 0 Å². The average Bonchev–Trinajstić information content (AvgIpc) is 2.74. The number of guanidine groups is 1. The summed E-state index contributed by atoms with van der Waals surface area (Å²) >= 11 is 3.47. The number of halogens is 1. The molecule has 0 aliphatic rings. The predicted molar refractivity (Wildman–Crippen MR) is 104 cm³/mol. The molecule has 1 aromatic heterocycles. The summed E-state index contributed by atoms with van der Waals surface area (Å²) < 4.78 is 26.7. The van der Waals surface area contributed by atoms with Crippen molar-refractivity contribution in [3.63, 3.8) is 0 Å². The maximum Gasteiger partial charge on any atom is 0.194 e. The van der Waals surface area contributed by atoms with Crippen LogP contribution in [0.5, 0.6) is 0 Å². The first-order valence-corrected chi connectivity index (χ1v) is 10.4. The van der Waals surface area contributed by atoms with Crippen molar-refractivity contribution in [2.45, 2.75) is 39.0 Å². The van der Waals surface area contributed by atoms with Crippen molar-refractivity contribution in [3.05, 3.63) is 22.4 Å². The zero-order valence-electron chi connectivity index (χ0n) is 15.4. The van der Waals surface area contributed by atoms with Crippen LogP contribution in [0, 0.1) is 0 Å². The van der Waals surface area contributed by atoms with E-state index in [2.05, 4.69) is 32.3 Å². The lowest BCUT2D eigenvalue weighted by molar-refractivity contribution is 0.462. The van der Waals surface area contributed by atoms with E-state index in [9.17, 15) is 8.42 Å². The summed E-state index contributed by atoms with van der Waals surface area (Å²) in [5.41, 5.74) is 1.14. The maximum absolute atomic E-state index is 12.2. The Bertz CT molecular complexity index is 675. The van der Waals surface area contributed by atoms with Crippen molar-refractivity contribution in [1.82, 2.24) is 14.8 Å². The van der Waals surface area contributed by atoms with E-state index in [-0.39, 0.29) is 12.3 Å². The fraction of sp³-hybridized carbons (Fsp3) is 0.688. The van der Waals surface area contributed by atoms with Crippen LogP contribution in [0.3, 0.4) is 0 Å². The quantitative estimate of drug-likeness (QED) is 0.566. The van der Waals surface area contributed by atoms with Crippen LogP contribution in [0.15, 0.2) is 21.7 Å². The van der Waals surface area contributed by atoms with Crippen LogP contribution < -0.4 is 5.32 Å². The second kappa shape index (κ2) is 8.38. The normalized spacial score (nSPS) is 13.2. The summed E-state index contributed by atoms with van der Waals surface area (Å²) in [6.45, 7) is 8.81. The third-order valence-corrected chi connectivity index (χ3v) is 6.74. The number of aryl methyl sites for hydroxylation is 1. The summed E-state index contributed by atoms with van der Waals surface area (Å²) in [6, 6.07) is 2.06. The summed E-state index contributed by atoms with van der Waals surface area (Å²) in [6.07, 6.45) is 2.00. The van der Waals surface area contributed by atoms with Gasteiger partial charge in [-0.3, -0.25) is 4.99 Å². The van der Waals surface area contributed by atoms with Crippen LogP contribution in [0.1, 0.15) is 33.4 Å². The molecule has 0 spiro atoms. The van der Waals surface area contributed by atoms with Crippen LogP contribution >= 0.6 is 15.9 Å². The Morgan fingerprint density at radius 3 is 2.50 bits per heavy atom. The molecule has 138 valence electrons. The number of aromatic nitrogens is 1. The third-order valence-electron chi connectivity index (χ3n) is 3.72. The van der Waals surface area contributed by atoms with Gasteiger partial charge in [0.1, 0.15) is 0 Å². The minimum atomic E-state index is -3.16. The molecule has 0 radical (unpaired) electrons. The van der Waals surface area contributed by atoms with Crippen molar-refractivity contribution in [3.8, 4) is 0 Å². The largest absolute Gasteiger partial charge is 0.357 e. The van der Waals surface area contributed by atoms with Crippen LogP contribution in [-0.2, 0) is 23.4 Å². The minimum Gasteiger partial charge on any atom is -0.357 e. The van der Waals surface area contributed by atoms with Gasteiger partial charge >= 0.3 is 0 Å². The molecule has 6 nitrogen and oxygen atoms in total. The van der Waals surface area contributed by atoms with Crippen LogP contribution in [0.25, 0.3) is 0 Å². The van der Waals surface area contributed by atoms with Gasteiger partial charge in [0.15, 0.2) is 15.8 Å². The average molecular weight is 421 g/mol. The van der Waals surface area contributed by atoms with Gasteiger partial charge < -0.3 is 14.8 Å². The highest BCUT2D eigenvalue weighted by molar-refractivity contribution is 9.10. The van der Waals surface area contributed by atoms with E-state index in [4.69, 9.17) is 0 Å². The molecule has 1 rings (SSSR count). The Morgan fingerprint density at radius 2 is 2.04 bits per heavy atom. The van der Waals surface area contributed by atoms with Gasteiger partial charge in [-0.1, -0.05) is 0 Å². The number of rotatable bonds is 6. The highest BCUT2D eigenvalue weighted by Crippen LogP contribution is 2.16. The molecule has 0 fully saturated rings. The fourth-order valence-corrected chi connectivity index (χ4v) is 3.60. The van der Waals surface area contributed by atoms with Gasteiger partial charge in [0, 0.05) is 37.0 Å². The highest BCUT2D eigenvalue weighted by Gasteiger charge is 2.28. The zero-order valence-corrected chi connectivity index (χ0v) is 17.8. The van der Waals surface area contributed by atoms with Gasteiger partial charge in [-0.2, -0.15) is 0 Å². The first-order chi connectivity index (χ1) is 11.0. The maximum atomic E-state index is 12.2. The standard InChI is InChI=1S/C16H29BrN4O2S/c1-7-18-15(19-8-9-24(22,23)16(2,3)4)21(6)12-14-10-13(17)11-20(14)5/h10-11H,7-9,12H2,1-6H3,(H,18,19). The number of sulfone groups is 1. The molecule has 24 heavy (non-hydrogen) atoms. The predicted octanol–water partition coefficient (Wildman–Crippen LogP) is 2.40. The second-order valence-electron chi connectivity index (χ2n) is 6.78. The van der Waals surface area contributed by atoms with Crippen LogP contribution in [-0.4, -0.2) is 54.5 Å². The number of nitrogens with one attached hydrogen (secondary N) is 1. The Morgan fingerprint density at radius 1 is 1.42 bits per heavy atom. The van der Waals surface area contributed by atoms with E-state index in [1.54, 1.807) is 20.8 Å². The molecule has 8 heteroatoms. The van der Waals surface area contributed by atoms with Gasteiger partial charge in [-0.25, -0.2) is 8.42 Å². The Hall–Kier alpha value is -1.02. The minimum absolute atomic E-state index is 0.0505. The molecule has 1 aromatic rings. The first-order valence-electron chi connectivity index (χ1n) is 8.00. The van der Waals surface area contributed by atoms with E-state index >= 15 is 0 Å². The van der Waals surface area contributed by atoms with Crippen LogP contribution in [0.4, 0.5) is 0 Å². The van der Waals surface area contributed by atoms with Crippen molar-refractivity contribution < 1.29 is 8.42 Å². The molecule has 0 aliphatic carbocycles. The molecular weight excluding hydrogens is 392 g/mol. The van der Waals surface area contributed by atoms with E-state index in [1.165, 1.54) is 0 Å². The topological polar surface area (TPSA) is 66.7 Å². The lowest BCUT2D eigenvalue weighted by atomic mass is 10.3. The second-order valence-corrected chi connectivity index (χ2v) is 10.6. The third kappa shape index (κ3) is 5.81. The van der Waals surface area contributed by atoms with Gasteiger partial charge in [-0.05, 0) is 49.7 Å². The molecule has 1 N–H and O–H groups in total.